The van der Waals surface area contributed by atoms with E-state index in [-0.39, 0.29) is 35.1 Å². The Kier molecular flexibility index (Phi) is 10.1. The van der Waals surface area contributed by atoms with Gasteiger partial charge in [-0.05, 0) is 138 Å². The van der Waals surface area contributed by atoms with Crippen molar-refractivity contribution in [1.82, 2.24) is 4.90 Å². The number of aliphatic hydroxyl groups excluding tert-OH is 2. The lowest BCUT2D eigenvalue weighted by Gasteiger charge is -2.62. The maximum Gasteiger partial charge on any atom is 0.410 e. The fourth-order valence-corrected chi connectivity index (χ4v) is 10.1. The lowest BCUT2D eigenvalue weighted by molar-refractivity contribution is -0.174. The molecule has 2 N–H and O–H groups in total. The smallest absolute Gasteiger partial charge is 0.410 e. The molecule has 4 aliphatic rings. The van der Waals surface area contributed by atoms with Gasteiger partial charge >= 0.3 is 12.1 Å². The van der Waals surface area contributed by atoms with Gasteiger partial charge in [-0.1, -0.05) is 20.8 Å². The molecule has 4 saturated carbocycles. The van der Waals surface area contributed by atoms with E-state index < -0.39 is 5.60 Å². The summed E-state index contributed by atoms with van der Waals surface area (Å²) in [7, 11) is 1.39. The van der Waals surface area contributed by atoms with Crippen LogP contribution in [0.4, 0.5) is 4.79 Å². The minimum absolute atomic E-state index is 0.193. The summed E-state index contributed by atoms with van der Waals surface area (Å²) in [4.78, 5) is 26.3. The Labute approximate surface area is 249 Å². The number of hydrogen-bond donors (Lipinski definition) is 2. The van der Waals surface area contributed by atoms with Crippen LogP contribution in [-0.2, 0) is 14.3 Å². The number of aliphatic hydroxyl groups is 2. The topological polar surface area (TPSA) is 96.3 Å². The third-order valence-corrected chi connectivity index (χ3v) is 12.2. The van der Waals surface area contributed by atoms with Crippen LogP contribution >= 0.6 is 0 Å². The number of amides is 1. The summed E-state index contributed by atoms with van der Waals surface area (Å²) < 4.78 is 10.4. The highest BCUT2D eigenvalue weighted by Gasteiger charge is 2.62. The molecule has 0 heterocycles. The number of carbonyl (C=O) groups is 2. The van der Waals surface area contributed by atoms with E-state index in [0.29, 0.717) is 61.4 Å². The van der Waals surface area contributed by atoms with E-state index in [1.165, 1.54) is 32.8 Å². The van der Waals surface area contributed by atoms with Crippen molar-refractivity contribution in [3.05, 3.63) is 0 Å². The predicted molar refractivity (Wildman–Crippen MR) is 160 cm³/mol. The van der Waals surface area contributed by atoms with Crippen molar-refractivity contribution in [2.45, 2.75) is 136 Å². The van der Waals surface area contributed by atoms with E-state index in [9.17, 15) is 19.8 Å². The van der Waals surface area contributed by atoms with Gasteiger partial charge in [-0.3, -0.25) is 4.79 Å². The second kappa shape index (κ2) is 12.7. The number of ether oxygens (including phenoxy) is 2. The summed E-state index contributed by atoms with van der Waals surface area (Å²) >= 11 is 0. The van der Waals surface area contributed by atoms with E-state index in [2.05, 4.69) is 20.8 Å². The molecule has 41 heavy (non-hydrogen) atoms. The standard InChI is InChI=1S/C34H59NO6/c1-22(10-8-18-35(19-9-11-29(38)40-7)31(39)41-32(2,3)4)25-12-13-26-30-27(15-17-34(25,26)6)33(5)16-14-24(36)20-23(33)21-28(30)37/h22-28,30,36-37H,8-21H2,1-7H3/t22-,23+,24-,25-,26+,27+,28-,30+,33+,34-/m1/s1. The molecule has 0 aromatic heterocycles. The Hall–Kier alpha value is -1.34. The lowest BCUT2D eigenvalue weighted by Crippen LogP contribution is -2.58. The zero-order chi connectivity index (χ0) is 30.2. The normalized spacial score (nSPS) is 39.2. The first kappa shape index (κ1) is 32.6. The molecule has 0 saturated heterocycles. The maximum absolute atomic E-state index is 12.9. The Morgan fingerprint density at radius 3 is 2.29 bits per heavy atom. The largest absolute Gasteiger partial charge is 0.469 e. The summed E-state index contributed by atoms with van der Waals surface area (Å²) in [6.07, 6.45) is 10.7. The Morgan fingerprint density at radius 1 is 0.951 bits per heavy atom. The molecule has 0 aliphatic heterocycles. The second-order valence-electron chi connectivity index (χ2n) is 15.7. The minimum Gasteiger partial charge on any atom is -0.469 e. The molecule has 4 rings (SSSR count). The second-order valence-corrected chi connectivity index (χ2v) is 15.7. The number of rotatable bonds is 9. The third-order valence-electron chi connectivity index (χ3n) is 12.2. The molecule has 236 valence electrons. The molecule has 0 spiro atoms. The molecule has 0 aromatic rings. The van der Waals surface area contributed by atoms with Crippen LogP contribution in [0.1, 0.15) is 119 Å². The molecular weight excluding hydrogens is 518 g/mol. The van der Waals surface area contributed by atoms with Gasteiger partial charge < -0.3 is 24.6 Å². The van der Waals surface area contributed by atoms with E-state index in [4.69, 9.17) is 9.47 Å². The number of carbonyl (C=O) groups excluding carboxylic acids is 2. The van der Waals surface area contributed by atoms with Crippen molar-refractivity contribution >= 4 is 12.1 Å². The summed E-state index contributed by atoms with van der Waals surface area (Å²) in [6, 6.07) is 0. The molecule has 0 unspecified atom stereocenters. The van der Waals surface area contributed by atoms with E-state index >= 15 is 0 Å². The Balaban J connectivity index is 1.37. The predicted octanol–water partition coefficient (Wildman–Crippen LogP) is 6.58. The molecule has 7 heteroatoms. The number of fused-ring (bicyclic) bond motifs is 5. The lowest BCUT2D eigenvalue weighted by atomic mass is 9.43. The first-order valence-corrected chi connectivity index (χ1v) is 16.6. The van der Waals surface area contributed by atoms with Crippen LogP contribution in [0.3, 0.4) is 0 Å². The molecular formula is C34H59NO6. The van der Waals surface area contributed by atoms with Gasteiger partial charge in [0, 0.05) is 19.5 Å². The fourth-order valence-electron chi connectivity index (χ4n) is 10.1. The van der Waals surface area contributed by atoms with Crippen LogP contribution in [0.15, 0.2) is 0 Å². The van der Waals surface area contributed by atoms with Crippen molar-refractivity contribution in [1.29, 1.82) is 0 Å². The summed E-state index contributed by atoms with van der Waals surface area (Å²) in [5.74, 6) is 2.91. The van der Waals surface area contributed by atoms with Crippen molar-refractivity contribution in [2.24, 2.45) is 46.3 Å². The van der Waals surface area contributed by atoms with Gasteiger partial charge in [0.15, 0.2) is 0 Å². The first-order valence-electron chi connectivity index (χ1n) is 16.6. The molecule has 4 fully saturated rings. The van der Waals surface area contributed by atoms with Crippen molar-refractivity contribution in [3.63, 3.8) is 0 Å². The maximum atomic E-state index is 12.9. The number of hydrogen-bond acceptors (Lipinski definition) is 6. The monoisotopic (exact) mass is 577 g/mol. The first-order chi connectivity index (χ1) is 19.2. The molecule has 1 amide bonds. The zero-order valence-electron chi connectivity index (χ0n) is 27.0. The van der Waals surface area contributed by atoms with E-state index in [1.807, 2.05) is 20.8 Å². The summed E-state index contributed by atoms with van der Waals surface area (Å²) in [6.45, 7) is 14.2. The quantitative estimate of drug-likeness (QED) is 0.300. The average molecular weight is 578 g/mol. The molecule has 0 radical (unpaired) electrons. The Morgan fingerprint density at radius 2 is 1.61 bits per heavy atom. The van der Waals surface area contributed by atoms with Gasteiger partial charge in [-0.15, -0.1) is 0 Å². The number of esters is 1. The summed E-state index contributed by atoms with van der Waals surface area (Å²) in [5, 5.41) is 21.9. The highest BCUT2D eigenvalue weighted by atomic mass is 16.6. The van der Waals surface area contributed by atoms with Gasteiger partial charge in [0.1, 0.15) is 5.60 Å². The van der Waals surface area contributed by atoms with Gasteiger partial charge in [0.2, 0.25) is 0 Å². The van der Waals surface area contributed by atoms with Gasteiger partial charge in [-0.25, -0.2) is 4.79 Å². The van der Waals surface area contributed by atoms with E-state index in [0.717, 1.165) is 38.5 Å². The highest BCUT2D eigenvalue weighted by Crippen LogP contribution is 2.68. The SMILES string of the molecule is COC(=O)CCCN(CCC[C@@H](C)[C@H]1CC[C@H]2[C@@H]3[C@H](O)C[C@@H]4C[C@H](O)CC[C@]4(C)[C@H]3CC[C@]12C)C(=O)OC(C)(C)C. The van der Waals surface area contributed by atoms with E-state index in [1.54, 1.807) is 4.90 Å². The van der Waals surface area contributed by atoms with Crippen LogP contribution in [0.2, 0.25) is 0 Å². The molecule has 4 aliphatic carbocycles. The zero-order valence-corrected chi connectivity index (χ0v) is 27.0. The van der Waals surface area contributed by atoms with Crippen LogP contribution in [0.25, 0.3) is 0 Å². The average Bonchev–Trinajstić information content (AvgIpc) is 3.24. The number of methoxy groups -OCH3 is 1. The van der Waals surface area contributed by atoms with Gasteiger partial charge in [0.05, 0.1) is 19.3 Å². The summed E-state index contributed by atoms with van der Waals surface area (Å²) in [5.41, 5.74) is -0.0487. The van der Waals surface area contributed by atoms with Crippen LogP contribution < -0.4 is 0 Å². The van der Waals surface area contributed by atoms with Crippen LogP contribution in [0.5, 0.6) is 0 Å². The molecule has 10 atom stereocenters. The van der Waals surface area contributed by atoms with Crippen molar-refractivity contribution in [3.8, 4) is 0 Å². The van der Waals surface area contributed by atoms with Gasteiger partial charge in [-0.2, -0.15) is 0 Å². The number of nitrogens with zero attached hydrogens (tertiary/aromatic N) is 1. The van der Waals surface area contributed by atoms with Crippen molar-refractivity contribution < 1.29 is 29.3 Å². The molecule has 7 nitrogen and oxygen atoms in total. The van der Waals surface area contributed by atoms with Crippen molar-refractivity contribution in [2.75, 3.05) is 20.2 Å². The molecule has 0 bridgehead atoms. The third kappa shape index (κ3) is 6.92. The molecule has 0 aromatic carbocycles. The highest BCUT2D eigenvalue weighted by molar-refractivity contribution is 5.70. The minimum atomic E-state index is -0.560. The van der Waals surface area contributed by atoms with Crippen LogP contribution in [-0.4, -0.2) is 65.2 Å². The van der Waals surface area contributed by atoms with Crippen LogP contribution in [0, 0.1) is 46.3 Å². The Bertz CT molecular complexity index is 917. The van der Waals surface area contributed by atoms with Gasteiger partial charge in [0.25, 0.3) is 0 Å². The fraction of sp³-hybridized carbons (Fsp3) is 0.941.